The second-order valence-electron chi connectivity index (χ2n) is 14.4. The summed E-state index contributed by atoms with van der Waals surface area (Å²) in [6, 6.07) is -1.17. The van der Waals surface area contributed by atoms with E-state index in [0.29, 0.717) is 19.3 Å². The molecule has 0 aromatic carbocycles. The molecule has 1 aliphatic rings. The molecule has 1 rings (SSSR count). The maximum atomic E-state index is 13.0. The predicted molar refractivity (Wildman–Crippen MR) is 196 cm³/mol. The first-order valence-corrected chi connectivity index (χ1v) is 20.1. The molecular weight excluding hydrogens is 642 g/mol. The first-order chi connectivity index (χ1) is 24.2. The van der Waals surface area contributed by atoms with E-state index in [9.17, 15) is 40.5 Å². The molecule has 9 unspecified atom stereocenters. The molecule has 11 heteroatoms. The lowest BCUT2D eigenvalue weighted by molar-refractivity contribution is -0.303. The molecule has 8 N–H and O–H groups in total. The number of aliphatic hydroxyl groups excluding tert-OH is 7. The highest BCUT2D eigenvalue weighted by Crippen LogP contribution is 2.23. The van der Waals surface area contributed by atoms with Crippen LogP contribution in [0, 0.1) is 0 Å². The smallest absolute Gasteiger partial charge is 0.249 e. The van der Waals surface area contributed by atoms with E-state index in [1.54, 1.807) is 0 Å². The summed E-state index contributed by atoms with van der Waals surface area (Å²) in [5.41, 5.74) is 0. The first kappa shape index (κ1) is 46.9. The van der Waals surface area contributed by atoms with Gasteiger partial charge in [-0.2, -0.15) is 0 Å². The standard InChI is InChI=1S/C39H75NO10/c1-3-5-7-9-11-13-15-17-18-20-22-24-26-31(42)34(44)30(29-49-39-37(47)36(46)35(45)33(28-41)50-39)40-38(48)32(43)27-25-23-21-19-16-14-12-10-8-6-4-2/h12,14,30-37,39,41-47H,3-11,13,15-29H2,1-2H3,(H,40,48)/b14-12-. The minimum absolute atomic E-state index is 0.247. The number of amides is 1. The van der Waals surface area contributed by atoms with E-state index in [4.69, 9.17) is 9.47 Å². The quantitative estimate of drug-likeness (QED) is 0.0350. The molecule has 1 aliphatic heterocycles. The van der Waals surface area contributed by atoms with Crippen molar-refractivity contribution in [2.24, 2.45) is 0 Å². The lowest BCUT2D eigenvalue weighted by Gasteiger charge is -2.40. The van der Waals surface area contributed by atoms with Gasteiger partial charge in [-0.15, -0.1) is 0 Å². The van der Waals surface area contributed by atoms with Crippen LogP contribution in [-0.4, -0.2) is 110 Å². The van der Waals surface area contributed by atoms with Crippen molar-refractivity contribution in [2.75, 3.05) is 13.2 Å². The number of carbonyl (C=O) groups is 1. The third-order valence-electron chi connectivity index (χ3n) is 9.82. The zero-order chi connectivity index (χ0) is 37.0. The molecule has 1 amide bonds. The maximum absolute atomic E-state index is 13.0. The zero-order valence-electron chi connectivity index (χ0n) is 31.4. The van der Waals surface area contributed by atoms with Crippen LogP contribution in [0.25, 0.3) is 0 Å². The zero-order valence-corrected chi connectivity index (χ0v) is 31.4. The van der Waals surface area contributed by atoms with Crippen LogP contribution < -0.4 is 5.32 Å². The van der Waals surface area contributed by atoms with Gasteiger partial charge in [-0.05, 0) is 38.5 Å². The summed E-state index contributed by atoms with van der Waals surface area (Å²) >= 11 is 0. The van der Waals surface area contributed by atoms with Gasteiger partial charge in [0, 0.05) is 0 Å². The molecule has 1 heterocycles. The van der Waals surface area contributed by atoms with E-state index in [-0.39, 0.29) is 6.42 Å². The molecule has 0 aromatic heterocycles. The SMILES string of the molecule is CCCCC/C=C\CCCCCCC(O)C(=O)NC(COC1OC(CO)C(O)C(O)C1O)C(O)C(O)CCCCCCCCCCCCCC. The Hall–Kier alpha value is -1.15. The number of rotatable bonds is 32. The van der Waals surface area contributed by atoms with Crippen LogP contribution in [0.2, 0.25) is 0 Å². The molecule has 0 spiro atoms. The Bertz CT molecular complexity index is 831. The fourth-order valence-electron chi connectivity index (χ4n) is 6.37. The van der Waals surface area contributed by atoms with Crippen molar-refractivity contribution in [3.8, 4) is 0 Å². The Kier molecular flexibility index (Phi) is 28.4. The number of carbonyl (C=O) groups excluding carboxylic acids is 1. The monoisotopic (exact) mass is 718 g/mol. The number of hydrogen-bond donors (Lipinski definition) is 8. The first-order valence-electron chi connectivity index (χ1n) is 20.1. The van der Waals surface area contributed by atoms with Crippen molar-refractivity contribution in [3.05, 3.63) is 12.2 Å². The normalized spacial score (nSPS) is 23.6. The fourth-order valence-corrected chi connectivity index (χ4v) is 6.37. The second-order valence-corrected chi connectivity index (χ2v) is 14.4. The van der Waals surface area contributed by atoms with E-state index in [1.807, 2.05) is 0 Å². The van der Waals surface area contributed by atoms with Gasteiger partial charge in [0.05, 0.1) is 25.4 Å². The lowest BCUT2D eigenvalue weighted by Crippen LogP contribution is -2.60. The van der Waals surface area contributed by atoms with Crippen LogP contribution in [0.3, 0.4) is 0 Å². The number of nitrogens with one attached hydrogen (secondary N) is 1. The number of unbranched alkanes of at least 4 members (excludes halogenated alkanes) is 18. The third kappa shape index (κ3) is 20.8. The van der Waals surface area contributed by atoms with Crippen LogP contribution in [-0.2, 0) is 14.3 Å². The van der Waals surface area contributed by atoms with Gasteiger partial charge >= 0.3 is 0 Å². The Morgan fingerprint density at radius 3 is 1.72 bits per heavy atom. The molecule has 1 fully saturated rings. The van der Waals surface area contributed by atoms with Gasteiger partial charge < -0.3 is 50.5 Å². The van der Waals surface area contributed by atoms with Crippen LogP contribution in [0.4, 0.5) is 0 Å². The minimum Gasteiger partial charge on any atom is -0.394 e. The fraction of sp³-hybridized carbons (Fsp3) is 0.923. The van der Waals surface area contributed by atoms with Gasteiger partial charge in [0.15, 0.2) is 6.29 Å². The summed E-state index contributed by atoms with van der Waals surface area (Å²) in [6.45, 7) is 3.36. The van der Waals surface area contributed by atoms with E-state index >= 15 is 0 Å². The topological polar surface area (TPSA) is 189 Å². The number of allylic oxidation sites excluding steroid dienone is 2. The Balaban J connectivity index is 2.57. The summed E-state index contributed by atoms with van der Waals surface area (Å²) in [6.07, 6.45) is 17.0. The van der Waals surface area contributed by atoms with Crippen LogP contribution in [0.15, 0.2) is 12.2 Å². The number of hydrogen-bond acceptors (Lipinski definition) is 10. The number of ether oxygens (including phenoxy) is 2. The molecule has 0 radical (unpaired) electrons. The molecule has 11 nitrogen and oxygen atoms in total. The summed E-state index contributed by atoms with van der Waals surface area (Å²) < 4.78 is 11.0. The molecule has 296 valence electrons. The van der Waals surface area contributed by atoms with E-state index in [0.717, 1.165) is 51.4 Å². The second kappa shape index (κ2) is 30.3. The van der Waals surface area contributed by atoms with Crippen molar-refractivity contribution in [1.29, 1.82) is 0 Å². The van der Waals surface area contributed by atoms with Gasteiger partial charge in [-0.25, -0.2) is 0 Å². The van der Waals surface area contributed by atoms with E-state index in [1.165, 1.54) is 70.6 Å². The average molecular weight is 718 g/mol. The van der Waals surface area contributed by atoms with Crippen molar-refractivity contribution >= 4 is 5.91 Å². The Morgan fingerprint density at radius 1 is 0.680 bits per heavy atom. The van der Waals surface area contributed by atoms with Gasteiger partial charge in [0.25, 0.3) is 0 Å². The molecule has 0 bridgehead atoms. The summed E-state index contributed by atoms with van der Waals surface area (Å²) in [7, 11) is 0. The third-order valence-corrected chi connectivity index (χ3v) is 9.82. The van der Waals surface area contributed by atoms with Crippen molar-refractivity contribution in [3.63, 3.8) is 0 Å². The molecule has 0 aliphatic carbocycles. The van der Waals surface area contributed by atoms with E-state index < -0.39 is 74.2 Å². The predicted octanol–water partition coefficient (Wildman–Crippen LogP) is 4.94. The Labute approximate surface area is 302 Å². The highest BCUT2D eigenvalue weighted by atomic mass is 16.7. The van der Waals surface area contributed by atoms with Gasteiger partial charge in [-0.3, -0.25) is 4.79 Å². The van der Waals surface area contributed by atoms with Gasteiger partial charge in [0.2, 0.25) is 5.91 Å². The maximum Gasteiger partial charge on any atom is 0.249 e. The molecule has 50 heavy (non-hydrogen) atoms. The lowest BCUT2D eigenvalue weighted by atomic mass is 9.98. The molecule has 9 atom stereocenters. The molecule has 1 saturated heterocycles. The van der Waals surface area contributed by atoms with Crippen molar-refractivity contribution < 1.29 is 50.0 Å². The average Bonchev–Trinajstić information content (AvgIpc) is 3.11. The van der Waals surface area contributed by atoms with Crippen LogP contribution in [0.5, 0.6) is 0 Å². The molecule has 0 saturated carbocycles. The summed E-state index contributed by atoms with van der Waals surface area (Å²) in [4.78, 5) is 13.0. The van der Waals surface area contributed by atoms with E-state index in [2.05, 4.69) is 31.3 Å². The van der Waals surface area contributed by atoms with Gasteiger partial charge in [0.1, 0.15) is 36.6 Å². The van der Waals surface area contributed by atoms with Crippen LogP contribution in [0.1, 0.15) is 162 Å². The summed E-state index contributed by atoms with van der Waals surface area (Å²) in [5, 5.41) is 75.2. The molecular formula is C39H75NO10. The Morgan fingerprint density at radius 2 is 1.16 bits per heavy atom. The highest BCUT2D eigenvalue weighted by Gasteiger charge is 2.44. The largest absolute Gasteiger partial charge is 0.394 e. The van der Waals surface area contributed by atoms with Crippen molar-refractivity contribution in [2.45, 2.75) is 217 Å². The molecule has 0 aromatic rings. The van der Waals surface area contributed by atoms with Gasteiger partial charge in [-0.1, -0.05) is 135 Å². The van der Waals surface area contributed by atoms with Crippen molar-refractivity contribution in [1.82, 2.24) is 5.32 Å². The summed E-state index contributed by atoms with van der Waals surface area (Å²) in [5.74, 6) is -0.709. The van der Waals surface area contributed by atoms with Crippen LogP contribution >= 0.6 is 0 Å². The minimum atomic E-state index is -1.66. The highest BCUT2D eigenvalue weighted by molar-refractivity contribution is 5.80. The number of aliphatic hydroxyl groups is 7.